The van der Waals surface area contributed by atoms with E-state index in [0.29, 0.717) is 41.8 Å². The molecule has 3 heterocycles. The number of rotatable bonds is 4. The van der Waals surface area contributed by atoms with Crippen LogP contribution in [-0.4, -0.2) is 34.8 Å². The molecule has 8 nitrogen and oxygen atoms in total. The van der Waals surface area contributed by atoms with E-state index in [0.717, 1.165) is 0 Å². The molecule has 0 saturated heterocycles. The summed E-state index contributed by atoms with van der Waals surface area (Å²) in [7, 11) is 1.51. The van der Waals surface area contributed by atoms with E-state index in [4.69, 9.17) is 14.2 Å². The van der Waals surface area contributed by atoms with Gasteiger partial charge in [-0.3, -0.25) is 9.20 Å². The second-order valence-electron chi connectivity index (χ2n) is 5.66. The third-order valence-electron chi connectivity index (χ3n) is 4.09. The van der Waals surface area contributed by atoms with Crippen LogP contribution >= 0.6 is 0 Å². The monoisotopic (exact) mass is 355 g/mol. The first-order valence-electron chi connectivity index (χ1n) is 8.07. The predicted octanol–water partition coefficient (Wildman–Crippen LogP) is 1.71. The molecule has 0 saturated carbocycles. The fourth-order valence-corrected chi connectivity index (χ4v) is 2.84. The SMILES string of the molecule is COc1cccn2c(=O)c(CO)c(Nc3ccc4c(c3)OCCO4)nc12. The Kier molecular flexibility index (Phi) is 4.10. The van der Waals surface area contributed by atoms with Crippen molar-refractivity contribution in [2.75, 3.05) is 25.6 Å². The van der Waals surface area contributed by atoms with Gasteiger partial charge >= 0.3 is 0 Å². The van der Waals surface area contributed by atoms with Crippen molar-refractivity contribution in [3.05, 3.63) is 52.4 Å². The van der Waals surface area contributed by atoms with Crippen LogP contribution in [0.2, 0.25) is 0 Å². The van der Waals surface area contributed by atoms with E-state index in [-0.39, 0.29) is 16.9 Å². The smallest absolute Gasteiger partial charge is 0.265 e. The van der Waals surface area contributed by atoms with Crippen molar-refractivity contribution < 1.29 is 19.3 Å². The number of aliphatic hydroxyl groups is 1. The molecule has 0 aliphatic carbocycles. The Morgan fingerprint density at radius 3 is 2.85 bits per heavy atom. The molecule has 0 amide bonds. The van der Waals surface area contributed by atoms with Gasteiger partial charge in [0.1, 0.15) is 19.0 Å². The summed E-state index contributed by atoms with van der Waals surface area (Å²) in [5.41, 5.74) is 0.814. The van der Waals surface area contributed by atoms with Gasteiger partial charge in [-0.2, -0.15) is 0 Å². The maximum absolute atomic E-state index is 12.7. The van der Waals surface area contributed by atoms with Crippen LogP contribution < -0.4 is 25.1 Å². The van der Waals surface area contributed by atoms with Crippen LogP contribution in [0.3, 0.4) is 0 Å². The fraction of sp³-hybridized carbons (Fsp3) is 0.222. The van der Waals surface area contributed by atoms with Gasteiger partial charge in [-0.05, 0) is 24.3 Å². The highest BCUT2D eigenvalue weighted by Gasteiger charge is 2.16. The van der Waals surface area contributed by atoms with Gasteiger partial charge in [0.2, 0.25) is 0 Å². The molecule has 26 heavy (non-hydrogen) atoms. The number of benzene rings is 1. The lowest BCUT2D eigenvalue weighted by Gasteiger charge is -2.19. The Morgan fingerprint density at radius 1 is 1.27 bits per heavy atom. The zero-order valence-corrected chi connectivity index (χ0v) is 14.1. The van der Waals surface area contributed by atoms with Crippen molar-refractivity contribution in [3.8, 4) is 17.2 Å². The Balaban J connectivity index is 1.82. The molecule has 2 N–H and O–H groups in total. The molecule has 0 radical (unpaired) electrons. The van der Waals surface area contributed by atoms with E-state index in [9.17, 15) is 9.90 Å². The maximum Gasteiger partial charge on any atom is 0.265 e. The lowest BCUT2D eigenvalue weighted by molar-refractivity contribution is 0.171. The Morgan fingerprint density at radius 2 is 2.08 bits per heavy atom. The molecule has 0 spiro atoms. The van der Waals surface area contributed by atoms with Gasteiger partial charge in [-0.25, -0.2) is 4.98 Å². The summed E-state index contributed by atoms with van der Waals surface area (Å²) in [5.74, 6) is 2.00. The van der Waals surface area contributed by atoms with Crippen molar-refractivity contribution in [1.82, 2.24) is 9.38 Å². The molecule has 1 aliphatic rings. The zero-order valence-electron chi connectivity index (χ0n) is 14.1. The van der Waals surface area contributed by atoms with E-state index in [1.807, 2.05) is 0 Å². The third kappa shape index (κ3) is 2.70. The minimum atomic E-state index is -0.446. The van der Waals surface area contributed by atoms with Crippen LogP contribution in [-0.2, 0) is 6.61 Å². The van der Waals surface area contributed by atoms with Crippen LogP contribution in [0.4, 0.5) is 11.5 Å². The van der Waals surface area contributed by atoms with Gasteiger partial charge in [0, 0.05) is 18.0 Å². The van der Waals surface area contributed by atoms with Crippen LogP contribution in [0.15, 0.2) is 41.3 Å². The van der Waals surface area contributed by atoms with Gasteiger partial charge < -0.3 is 24.6 Å². The molecule has 3 aromatic rings. The quantitative estimate of drug-likeness (QED) is 0.736. The summed E-state index contributed by atoms with van der Waals surface area (Å²) in [4.78, 5) is 17.2. The number of methoxy groups -OCH3 is 1. The van der Waals surface area contributed by atoms with Crippen molar-refractivity contribution >= 4 is 17.2 Å². The van der Waals surface area contributed by atoms with E-state index < -0.39 is 6.61 Å². The number of anilines is 2. The first-order valence-corrected chi connectivity index (χ1v) is 8.07. The number of hydrogen-bond donors (Lipinski definition) is 2. The van der Waals surface area contributed by atoms with E-state index >= 15 is 0 Å². The van der Waals surface area contributed by atoms with E-state index in [1.54, 1.807) is 36.5 Å². The number of hydrogen-bond acceptors (Lipinski definition) is 7. The number of ether oxygens (including phenoxy) is 3. The second kappa shape index (κ2) is 6.57. The minimum Gasteiger partial charge on any atom is -0.493 e. The van der Waals surface area contributed by atoms with Crippen molar-refractivity contribution in [2.24, 2.45) is 0 Å². The molecule has 0 unspecified atom stereocenters. The molecular weight excluding hydrogens is 338 g/mol. The maximum atomic E-state index is 12.7. The normalized spacial score (nSPS) is 12.8. The highest BCUT2D eigenvalue weighted by Crippen LogP contribution is 2.33. The number of pyridine rings is 1. The summed E-state index contributed by atoms with van der Waals surface area (Å²) >= 11 is 0. The average Bonchev–Trinajstić information content (AvgIpc) is 2.68. The first-order chi connectivity index (χ1) is 12.7. The lowest BCUT2D eigenvalue weighted by Crippen LogP contribution is -2.22. The van der Waals surface area contributed by atoms with Crippen LogP contribution in [0.5, 0.6) is 17.2 Å². The largest absolute Gasteiger partial charge is 0.493 e. The zero-order chi connectivity index (χ0) is 18.1. The first kappa shape index (κ1) is 16.2. The number of nitrogens with one attached hydrogen (secondary N) is 1. The Labute approximate surface area is 148 Å². The number of nitrogens with zero attached hydrogens (tertiary/aromatic N) is 2. The summed E-state index contributed by atoms with van der Waals surface area (Å²) in [6, 6.07) is 8.74. The minimum absolute atomic E-state index is 0.158. The van der Waals surface area contributed by atoms with Gasteiger partial charge in [-0.15, -0.1) is 0 Å². The van der Waals surface area contributed by atoms with E-state index in [1.165, 1.54) is 11.5 Å². The molecular formula is C18H17N3O5. The van der Waals surface area contributed by atoms with Crippen molar-refractivity contribution in [2.45, 2.75) is 6.61 Å². The molecule has 0 bridgehead atoms. The van der Waals surface area contributed by atoms with Crippen LogP contribution in [0, 0.1) is 0 Å². The van der Waals surface area contributed by atoms with E-state index in [2.05, 4.69) is 10.3 Å². The molecule has 0 fully saturated rings. The van der Waals surface area contributed by atoms with Gasteiger partial charge in [0.15, 0.2) is 22.9 Å². The average molecular weight is 355 g/mol. The summed E-state index contributed by atoms with van der Waals surface area (Å²) < 4.78 is 17.7. The van der Waals surface area contributed by atoms with Crippen LogP contribution in [0.1, 0.15) is 5.56 Å². The molecule has 1 aliphatic heterocycles. The summed E-state index contributed by atoms with van der Waals surface area (Å²) in [5, 5.41) is 12.8. The molecule has 134 valence electrons. The second-order valence-corrected chi connectivity index (χ2v) is 5.66. The summed E-state index contributed by atoms with van der Waals surface area (Å²) in [6.07, 6.45) is 1.58. The summed E-state index contributed by atoms with van der Waals surface area (Å²) in [6.45, 7) is 0.543. The molecule has 8 heteroatoms. The van der Waals surface area contributed by atoms with Crippen LogP contribution in [0.25, 0.3) is 5.65 Å². The fourth-order valence-electron chi connectivity index (χ4n) is 2.84. The number of fused-ring (bicyclic) bond motifs is 2. The van der Waals surface area contributed by atoms with Gasteiger partial charge in [-0.1, -0.05) is 0 Å². The standard InChI is InChI=1S/C18H17N3O5/c1-24-14-3-2-6-21-17(14)20-16(12(10-22)18(21)23)19-11-4-5-13-15(9-11)26-8-7-25-13/h2-6,9,19,22H,7-8,10H2,1H3. The van der Waals surface area contributed by atoms with Crippen molar-refractivity contribution in [3.63, 3.8) is 0 Å². The lowest BCUT2D eigenvalue weighted by atomic mass is 10.2. The molecule has 0 atom stereocenters. The van der Waals surface area contributed by atoms with Crippen molar-refractivity contribution in [1.29, 1.82) is 0 Å². The highest BCUT2D eigenvalue weighted by atomic mass is 16.6. The predicted molar refractivity (Wildman–Crippen MR) is 94.7 cm³/mol. The topological polar surface area (TPSA) is 94.3 Å². The number of aromatic nitrogens is 2. The number of aliphatic hydroxyl groups excluding tert-OH is 1. The third-order valence-corrected chi connectivity index (χ3v) is 4.09. The van der Waals surface area contributed by atoms with Gasteiger partial charge in [0.05, 0.1) is 19.3 Å². The Hall–Kier alpha value is -3.26. The van der Waals surface area contributed by atoms with Gasteiger partial charge in [0.25, 0.3) is 5.56 Å². The Bertz CT molecular complexity index is 1030. The molecule has 1 aromatic carbocycles. The highest BCUT2D eigenvalue weighted by molar-refractivity contribution is 5.66. The molecule has 4 rings (SSSR count). The molecule has 2 aromatic heterocycles.